The maximum atomic E-state index is 13.1. The first-order chi connectivity index (χ1) is 14.7. The van der Waals surface area contributed by atoms with Crippen LogP contribution in [0.1, 0.15) is 45.0 Å². The van der Waals surface area contributed by atoms with Crippen molar-refractivity contribution < 1.29 is 14.4 Å². The molecule has 2 N–H and O–H groups in total. The molecular formula is C23H28N4O3S. The zero-order valence-electron chi connectivity index (χ0n) is 18.1. The summed E-state index contributed by atoms with van der Waals surface area (Å²) in [7, 11) is 0. The van der Waals surface area contributed by atoms with E-state index in [2.05, 4.69) is 36.4 Å². The highest BCUT2D eigenvalue weighted by molar-refractivity contribution is 7.09. The van der Waals surface area contributed by atoms with E-state index in [0.29, 0.717) is 18.8 Å². The van der Waals surface area contributed by atoms with Crippen LogP contribution in [-0.2, 0) is 16.1 Å². The number of amides is 4. The summed E-state index contributed by atoms with van der Waals surface area (Å²) in [5, 5.41) is 8.40. The Bertz CT molecular complexity index is 1000. The molecule has 0 bridgehead atoms. The van der Waals surface area contributed by atoms with Gasteiger partial charge in [0.25, 0.3) is 5.91 Å². The third kappa shape index (κ3) is 4.49. The molecule has 2 heterocycles. The van der Waals surface area contributed by atoms with Crippen molar-refractivity contribution in [3.63, 3.8) is 0 Å². The third-order valence-electron chi connectivity index (χ3n) is 5.98. The van der Waals surface area contributed by atoms with Crippen molar-refractivity contribution in [3.05, 3.63) is 40.7 Å². The number of imide groups is 1. The molecule has 1 aliphatic heterocycles. The molecule has 1 saturated carbocycles. The van der Waals surface area contributed by atoms with Gasteiger partial charge >= 0.3 is 6.03 Å². The van der Waals surface area contributed by atoms with Gasteiger partial charge in [-0.15, -0.1) is 11.3 Å². The van der Waals surface area contributed by atoms with Crippen LogP contribution in [-0.4, -0.2) is 39.8 Å². The van der Waals surface area contributed by atoms with Gasteiger partial charge in [-0.25, -0.2) is 9.78 Å². The normalized spacial score (nSPS) is 25.0. The number of rotatable bonds is 5. The summed E-state index contributed by atoms with van der Waals surface area (Å²) in [4.78, 5) is 43.8. The molecule has 1 saturated heterocycles. The first-order valence-corrected chi connectivity index (χ1v) is 11.5. The molecule has 8 heteroatoms. The summed E-state index contributed by atoms with van der Waals surface area (Å²) in [5.41, 5.74) is 0.948. The summed E-state index contributed by atoms with van der Waals surface area (Å²) >= 11 is 1.46. The van der Waals surface area contributed by atoms with Crippen molar-refractivity contribution >= 4 is 29.2 Å². The highest BCUT2D eigenvalue weighted by Gasteiger charge is 2.56. The van der Waals surface area contributed by atoms with Crippen LogP contribution in [0.3, 0.4) is 0 Å². The molecule has 2 aromatic rings. The van der Waals surface area contributed by atoms with Gasteiger partial charge < -0.3 is 10.6 Å². The Labute approximate surface area is 186 Å². The number of carbonyl (C=O) groups is 3. The topological polar surface area (TPSA) is 91.4 Å². The van der Waals surface area contributed by atoms with Crippen molar-refractivity contribution in [1.82, 2.24) is 20.5 Å². The fourth-order valence-electron chi connectivity index (χ4n) is 5.16. The van der Waals surface area contributed by atoms with Crippen LogP contribution >= 0.6 is 11.3 Å². The molecule has 1 aromatic carbocycles. The Balaban J connectivity index is 1.36. The second-order valence-corrected chi connectivity index (χ2v) is 10.5. The second-order valence-electron chi connectivity index (χ2n) is 9.53. The first-order valence-electron chi connectivity index (χ1n) is 10.6. The van der Waals surface area contributed by atoms with E-state index < -0.39 is 11.6 Å². The molecule has 31 heavy (non-hydrogen) atoms. The Morgan fingerprint density at radius 1 is 1.26 bits per heavy atom. The van der Waals surface area contributed by atoms with Crippen molar-refractivity contribution in [2.24, 2.45) is 11.3 Å². The quantitative estimate of drug-likeness (QED) is 0.696. The minimum Gasteiger partial charge on any atom is -0.348 e. The van der Waals surface area contributed by atoms with Crippen LogP contribution < -0.4 is 10.6 Å². The minimum atomic E-state index is -0.890. The van der Waals surface area contributed by atoms with E-state index in [-0.39, 0.29) is 30.3 Å². The first kappa shape index (κ1) is 21.5. The van der Waals surface area contributed by atoms with Crippen molar-refractivity contribution in [1.29, 1.82) is 0 Å². The largest absolute Gasteiger partial charge is 0.348 e. The van der Waals surface area contributed by atoms with E-state index in [0.717, 1.165) is 27.6 Å². The van der Waals surface area contributed by atoms with Gasteiger partial charge in [0, 0.05) is 10.9 Å². The summed E-state index contributed by atoms with van der Waals surface area (Å²) in [6, 6.07) is 9.35. The summed E-state index contributed by atoms with van der Waals surface area (Å²) in [6.45, 7) is 6.33. The van der Waals surface area contributed by atoms with Gasteiger partial charge in [-0.05, 0) is 30.6 Å². The predicted octanol–water partition coefficient (Wildman–Crippen LogP) is 3.56. The smallest absolute Gasteiger partial charge is 0.325 e. The lowest BCUT2D eigenvalue weighted by Crippen LogP contribution is -2.54. The molecule has 1 aromatic heterocycles. The van der Waals surface area contributed by atoms with Gasteiger partial charge in [-0.2, -0.15) is 0 Å². The highest BCUT2D eigenvalue weighted by Crippen LogP contribution is 2.46. The minimum absolute atomic E-state index is 0.0415. The lowest BCUT2D eigenvalue weighted by Gasteiger charge is -2.43. The number of carbonyl (C=O) groups excluding carboxylic acids is 3. The van der Waals surface area contributed by atoms with Gasteiger partial charge in [-0.1, -0.05) is 51.1 Å². The molecule has 0 radical (unpaired) electrons. The number of benzene rings is 1. The van der Waals surface area contributed by atoms with E-state index in [1.807, 2.05) is 35.7 Å². The molecule has 2 unspecified atom stereocenters. The number of urea groups is 1. The number of aromatic nitrogens is 1. The zero-order valence-corrected chi connectivity index (χ0v) is 18.9. The number of nitrogens with zero attached hydrogens (tertiary/aromatic N) is 2. The van der Waals surface area contributed by atoms with Crippen LogP contribution in [0.5, 0.6) is 0 Å². The average Bonchev–Trinajstić information content (AvgIpc) is 3.25. The van der Waals surface area contributed by atoms with E-state index in [4.69, 9.17) is 0 Å². The number of hydrogen-bond donors (Lipinski definition) is 2. The van der Waals surface area contributed by atoms with Crippen LogP contribution in [0.25, 0.3) is 11.3 Å². The lowest BCUT2D eigenvalue weighted by molar-refractivity contribution is -0.137. The standard InChI is InChI=1S/C23H28N4O3S/c1-15-9-22(2,3)14-23(10-15)20(29)27(21(30)26-23)12-18(28)24-11-19-25-17(13-31-19)16-7-5-4-6-8-16/h4-8,13,15H,9-12,14H2,1-3H3,(H,24,28)(H,26,30). The van der Waals surface area contributed by atoms with Crippen LogP contribution in [0.2, 0.25) is 0 Å². The van der Waals surface area contributed by atoms with Gasteiger partial charge in [0.2, 0.25) is 5.91 Å². The molecule has 1 aliphatic carbocycles. The van der Waals surface area contributed by atoms with E-state index in [9.17, 15) is 14.4 Å². The molecule has 2 aliphatic rings. The summed E-state index contributed by atoms with van der Waals surface area (Å²) in [6.07, 6.45) is 2.21. The monoisotopic (exact) mass is 440 g/mol. The van der Waals surface area contributed by atoms with Crippen molar-refractivity contribution in [2.75, 3.05) is 6.54 Å². The highest BCUT2D eigenvalue weighted by atomic mass is 32.1. The fourth-order valence-corrected chi connectivity index (χ4v) is 5.90. The molecule has 7 nitrogen and oxygen atoms in total. The molecule has 4 rings (SSSR count). The molecule has 1 spiro atoms. The number of thiazole rings is 1. The summed E-state index contributed by atoms with van der Waals surface area (Å²) in [5.74, 6) is -0.335. The molecular weight excluding hydrogens is 412 g/mol. The van der Waals surface area contributed by atoms with E-state index in [1.54, 1.807) is 0 Å². The van der Waals surface area contributed by atoms with Crippen LogP contribution in [0.15, 0.2) is 35.7 Å². The van der Waals surface area contributed by atoms with E-state index >= 15 is 0 Å². The Morgan fingerprint density at radius 3 is 2.71 bits per heavy atom. The molecule has 4 amide bonds. The predicted molar refractivity (Wildman–Crippen MR) is 119 cm³/mol. The van der Waals surface area contributed by atoms with Crippen molar-refractivity contribution in [2.45, 2.75) is 52.1 Å². The molecule has 164 valence electrons. The summed E-state index contributed by atoms with van der Waals surface area (Å²) < 4.78 is 0. The van der Waals surface area contributed by atoms with Gasteiger partial charge in [0.05, 0.1) is 12.2 Å². The van der Waals surface area contributed by atoms with Gasteiger partial charge in [0.1, 0.15) is 17.1 Å². The van der Waals surface area contributed by atoms with Crippen molar-refractivity contribution in [3.8, 4) is 11.3 Å². The number of hydrogen-bond acceptors (Lipinski definition) is 5. The van der Waals surface area contributed by atoms with E-state index in [1.165, 1.54) is 11.3 Å². The van der Waals surface area contributed by atoms with Crippen LogP contribution in [0.4, 0.5) is 4.79 Å². The Kier molecular flexibility index (Phi) is 5.60. The Hall–Kier alpha value is -2.74. The molecule has 2 atom stereocenters. The average molecular weight is 441 g/mol. The lowest BCUT2D eigenvalue weighted by atomic mass is 9.64. The fraction of sp³-hybridized carbons (Fsp3) is 0.478. The third-order valence-corrected chi connectivity index (χ3v) is 6.83. The number of nitrogens with one attached hydrogen (secondary N) is 2. The maximum absolute atomic E-state index is 13.1. The zero-order chi connectivity index (χ0) is 22.2. The van der Waals surface area contributed by atoms with Gasteiger partial charge in [-0.3, -0.25) is 14.5 Å². The maximum Gasteiger partial charge on any atom is 0.325 e. The Morgan fingerprint density at radius 2 is 2.00 bits per heavy atom. The van der Waals surface area contributed by atoms with Gasteiger partial charge in [0.15, 0.2) is 0 Å². The second kappa shape index (κ2) is 8.07. The SMILES string of the molecule is CC1CC(C)(C)CC2(C1)NC(=O)N(CC(=O)NCc1nc(-c3ccccc3)cs1)C2=O. The van der Waals surface area contributed by atoms with Crippen LogP contribution in [0, 0.1) is 11.3 Å². The molecule has 2 fully saturated rings.